The number of nitrogens with one attached hydrogen (secondary N) is 1. The molecule has 6 heteroatoms. The summed E-state index contributed by atoms with van der Waals surface area (Å²) in [6.07, 6.45) is 2.89. The standard InChI is InChI=1S/C26H31ClN2O3/c1-26(2)14-19-12-17(18-5-7-21(27)22(13-18)31-3)4-6-20(19)24(26)28-25(30)32-23-15-29-10-8-16(23)9-11-29/h4-7,12-13,16,23-24H,8-11,14-15H2,1-3H3,(H,28,30)/t23-,24?/m0/s1. The number of amides is 1. The van der Waals surface area contributed by atoms with E-state index in [0.717, 1.165) is 50.0 Å². The van der Waals surface area contributed by atoms with Gasteiger partial charge >= 0.3 is 6.09 Å². The third-order valence-electron chi connectivity index (χ3n) is 7.48. The van der Waals surface area contributed by atoms with Gasteiger partial charge in [-0.3, -0.25) is 4.90 Å². The zero-order valence-electron chi connectivity index (χ0n) is 19.0. The highest BCUT2D eigenvalue weighted by molar-refractivity contribution is 6.32. The van der Waals surface area contributed by atoms with Gasteiger partial charge in [-0.2, -0.15) is 0 Å². The maximum absolute atomic E-state index is 12.9. The number of rotatable bonds is 4. The summed E-state index contributed by atoms with van der Waals surface area (Å²) in [6, 6.07) is 12.2. The summed E-state index contributed by atoms with van der Waals surface area (Å²) in [5.41, 5.74) is 4.52. The fourth-order valence-corrected chi connectivity index (χ4v) is 5.87. The first-order valence-corrected chi connectivity index (χ1v) is 11.9. The van der Waals surface area contributed by atoms with Gasteiger partial charge in [0.15, 0.2) is 0 Å². The van der Waals surface area contributed by atoms with Gasteiger partial charge < -0.3 is 14.8 Å². The van der Waals surface area contributed by atoms with Gasteiger partial charge in [0.25, 0.3) is 0 Å². The van der Waals surface area contributed by atoms with Crippen LogP contribution in [0.1, 0.15) is 43.9 Å². The lowest BCUT2D eigenvalue weighted by molar-refractivity contribution is -0.0348. The van der Waals surface area contributed by atoms with Crippen LogP contribution in [-0.2, 0) is 11.2 Å². The molecule has 0 radical (unpaired) electrons. The second kappa shape index (κ2) is 8.27. The van der Waals surface area contributed by atoms with Crippen molar-refractivity contribution in [2.24, 2.45) is 11.3 Å². The Labute approximate surface area is 195 Å². The fraction of sp³-hybridized carbons (Fsp3) is 0.500. The number of hydrogen-bond donors (Lipinski definition) is 1. The Morgan fingerprint density at radius 2 is 1.84 bits per heavy atom. The monoisotopic (exact) mass is 454 g/mol. The molecule has 1 amide bonds. The molecule has 32 heavy (non-hydrogen) atoms. The third kappa shape index (κ3) is 3.97. The van der Waals surface area contributed by atoms with Crippen molar-refractivity contribution in [3.8, 4) is 16.9 Å². The molecule has 1 N–H and O–H groups in total. The number of methoxy groups -OCH3 is 1. The van der Waals surface area contributed by atoms with Crippen LogP contribution in [0.4, 0.5) is 4.79 Å². The van der Waals surface area contributed by atoms with Crippen LogP contribution in [0.25, 0.3) is 11.1 Å². The lowest BCUT2D eigenvalue weighted by Crippen LogP contribution is -2.53. The van der Waals surface area contributed by atoms with Gasteiger partial charge in [-0.05, 0) is 78.1 Å². The minimum Gasteiger partial charge on any atom is -0.495 e. The van der Waals surface area contributed by atoms with E-state index in [-0.39, 0.29) is 23.7 Å². The maximum atomic E-state index is 12.9. The number of fused-ring (bicyclic) bond motifs is 4. The highest BCUT2D eigenvalue weighted by atomic mass is 35.5. The molecule has 2 aromatic rings. The van der Waals surface area contributed by atoms with Gasteiger partial charge in [-0.25, -0.2) is 4.79 Å². The van der Waals surface area contributed by atoms with Gasteiger partial charge in [0, 0.05) is 6.54 Å². The van der Waals surface area contributed by atoms with Crippen molar-refractivity contribution in [3.05, 3.63) is 52.5 Å². The Kier molecular flexibility index (Phi) is 5.58. The molecule has 3 aliphatic heterocycles. The molecule has 1 aliphatic carbocycles. The Morgan fingerprint density at radius 1 is 1.12 bits per heavy atom. The van der Waals surface area contributed by atoms with E-state index in [0.29, 0.717) is 16.7 Å². The predicted molar refractivity (Wildman–Crippen MR) is 126 cm³/mol. The minimum atomic E-state index is -0.291. The van der Waals surface area contributed by atoms with E-state index in [9.17, 15) is 4.79 Å². The number of alkyl carbamates (subject to hydrolysis) is 1. The lowest BCUT2D eigenvalue weighted by atomic mass is 9.85. The molecule has 6 rings (SSSR count). The molecule has 170 valence electrons. The third-order valence-corrected chi connectivity index (χ3v) is 7.79. The topological polar surface area (TPSA) is 50.8 Å². The Bertz CT molecular complexity index is 1030. The summed E-state index contributed by atoms with van der Waals surface area (Å²) < 4.78 is 11.3. The molecule has 2 aromatic carbocycles. The number of nitrogens with zero attached hydrogens (tertiary/aromatic N) is 1. The first-order valence-electron chi connectivity index (χ1n) is 11.5. The SMILES string of the molecule is COc1cc(-c2ccc3c(c2)CC(C)(C)C3NC(=O)O[C@H]2CN3CCC2CC3)ccc1Cl. The summed E-state index contributed by atoms with van der Waals surface area (Å²) in [5, 5.41) is 3.80. The molecular weight excluding hydrogens is 424 g/mol. The van der Waals surface area contributed by atoms with E-state index in [1.807, 2.05) is 18.2 Å². The Balaban J connectivity index is 1.34. The molecule has 3 saturated heterocycles. The molecule has 0 saturated carbocycles. The van der Waals surface area contributed by atoms with E-state index < -0.39 is 0 Å². The summed E-state index contributed by atoms with van der Waals surface area (Å²) in [4.78, 5) is 15.3. The largest absolute Gasteiger partial charge is 0.495 e. The van der Waals surface area contributed by atoms with Crippen LogP contribution in [0, 0.1) is 11.3 Å². The molecular formula is C26H31ClN2O3. The van der Waals surface area contributed by atoms with Crippen molar-refractivity contribution < 1.29 is 14.3 Å². The fourth-order valence-electron chi connectivity index (χ4n) is 5.68. The molecule has 3 heterocycles. The normalized spacial score (nSPS) is 27.6. The molecule has 2 bridgehead atoms. The van der Waals surface area contributed by atoms with Crippen LogP contribution in [0.15, 0.2) is 36.4 Å². The van der Waals surface area contributed by atoms with Crippen LogP contribution in [0.3, 0.4) is 0 Å². The Hall–Kier alpha value is -2.24. The number of carbonyl (C=O) groups excluding carboxylic acids is 1. The average molecular weight is 455 g/mol. The summed E-state index contributed by atoms with van der Waals surface area (Å²) >= 11 is 6.19. The van der Waals surface area contributed by atoms with Crippen molar-refractivity contribution in [3.63, 3.8) is 0 Å². The smallest absolute Gasteiger partial charge is 0.407 e. The van der Waals surface area contributed by atoms with Gasteiger partial charge in [0.05, 0.1) is 18.2 Å². The quantitative estimate of drug-likeness (QED) is 0.666. The number of benzene rings is 2. The number of halogens is 1. The number of ether oxygens (including phenoxy) is 2. The lowest BCUT2D eigenvalue weighted by Gasteiger charge is -2.44. The van der Waals surface area contributed by atoms with Crippen LogP contribution in [0.2, 0.25) is 5.02 Å². The zero-order valence-corrected chi connectivity index (χ0v) is 19.7. The van der Waals surface area contributed by atoms with Crippen LogP contribution in [0.5, 0.6) is 5.75 Å². The van der Waals surface area contributed by atoms with Crippen LogP contribution in [-0.4, -0.2) is 43.8 Å². The van der Waals surface area contributed by atoms with E-state index in [1.165, 1.54) is 11.1 Å². The van der Waals surface area contributed by atoms with E-state index in [1.54, 1.807) is 7.11 Å². The minimum absolute atomic E-state index is 0.0174. The van der Waals surface area contributed by atoms with E-state index >= 15 is 0 Å². The molecule has 5 nitrogen and oxygen atoms in total. The highest BCUT2D eigenvalue weighted by Crippen LogP contribution is 2.46. The number of carbonyl (C=O) groups is 1. The Morgan fingerprint density at radius 3 is 2.53 bits per heavy atom. The predicted octanol–water partition coefficient (Wildman–Crippen LogP) is 5.46. The molecule has 4 aliphatic rings. The molecule has 0 spiro atoms. The average Bonchev–Trinajstić information content (AvgIpc) is 3.03. The van der Waals surface area contributed by atoms with E-state index in [2.05, 4.69) is 42.3 Å². The van der Waals surface area contributed by atoms with Gasteiger partial charge in [-0.1, -0.05) is 49.7 Å². The summed E-state index contributed by atoms with van der Waals surface area (Å²) in [5.74, 6) is 1.17. The first kappa shape index (κ1) is 21.6. The van der Waals surface area contributed by atoms with Crippen molar-refractivity contribution >= 4 is 17.7 Å². The van der Waals surface area contributed by atoms with Crippen LogP contribution >= 0.6 is 11.6 Å². The first-order chi connectivity index (χ1) is 15.3. The van der Waals surface area contributed by atoms with Crippen molar-refractivity contribution in [2.45, 2.75) is 45.3 Å². The van der Waals surface area contributed by atoms with Crippen molar-refractivity contribution in [1.29, 1.82) is 0 Å². The number of piperidine rings is 3. The van der Waals surface area contributed by atoms with Gasteiger partial charge in [-0.15, -0.1) is 0 Å². The summed E-state index contributed by atoms with van der Waals surface area (Å²) in [6.45, 7) is 7.55. The van der Waals surface area contributed by atoms with Crippen molar-refractivity contribution in [2.75, 3.05) is 26.7 Å². The highest BCUT2D eigenvalue weighted by Gasteiger charge is 2.42. The van der Waals surface area contributed by atoms with Gasteiger partial charge in [0.2, 0.25) is 0 Å². The second-order valence-electron chi connectivity index (χ2n) is 10.1. The van der Waals surface area contributed by atoms with Gasteiger partial charge in [0.1, 0.15) is 11.9 Å². The second-order valence-corrected chi connectivity index (χ2v) is 10.5. The van der Waals surface area contributed by atoms with Crippen LogP contribution < -0.4 is 10.1 Å². The molecule has 3 fully saturated rings. The zero-order chi connectivity index (χ0) is 22.5. The molecule has 2 atom stereocenters. The van der Waals surface area contributed by atoms with Crippen molar-refractivity contribution in [1.82, 2.24) is 10.2 Å². The number of hydrogen-bond acceptors (Lipinski definition) is 4. The molecule has 0 aromatic heterocycles. The summed E-state index contributed by atoms with van der Waals surface area (Å²) in [7, 11) is 1.63. The van der Waals surface area contributed by atoms with E-state index in [4.69, 9.17) is 21.1 Å². The molecule has 1 unspecified atom stereocenters. The maximum Gasteiger partial charge on any atom is 0.407 e.